The van der Waals surface area contributed by atoms with E-state index >= 15 is 0 Å². The topological polar surface area (TPSA) is 44.4 Å². The molecule has 0 aliphatic carbocycles. The van der Waals surface area contributed by atoms with E-state index in [1.807, 2.05) is 0 Å². The molecule has 3 heterocycles. The van der Waals surface area contributed by atoms with Crippen LogP contribution in [-0.2, 0) is 12.1 Å². The van der Waals surface area contributed by atoms with Gasteiger partial charge in [0.05, 0.1) is 11.0 Å². The van der Waals surface area contributed by atoms with Crippen molar-refractivity contribution in [3.05, 3.63) is 271 Å². The van der Waals surface area contributed by atoms with Crippen molar-refractivity contribution in [2.45, 2.75) is 19.0 Å². The highest BCUT2D eigenvalue weighted by Gasteiger charge is 2.46. The number of aliphatic imine (C=N–C) groups is 1. The molecule has 13 aromatic rings. The van der Waals surface area contributed by atoms with Crippen LogP contribution in [-0.4, -0.2) is 28.2 Å². The van der Waals surface area contributed by atoms with Gasteiger partial charge in [-0.3, -0.25) is 5.41 Å². The van der Waals surface area contributed by atoms with Gasteiger partial charge < -0.3 is 9.47 Å². The lowest BCUT2D eigenvalue weighted by Gasteiger charge is -2.48. The molecule has 1 N–H and O–H groups in total. The Labute approximate surface area is 438 Å². The first-order valence-electron chi connectivity index (χ1n) is 25.2. The van der Waals surface area contributed by atoms with E-state index in [4.69, 9.17) is 4.99 Å². The minimum Gasteiger partial charge on any atom is -0.332 e. The van der Waals surface area contributed by atoms with Gasteiger partial charge in [0.15, 0.2) is 5.84 Å². The Morgan fingerprint density at radius 2 is 0.919 bits per heavy atom. The number of amidine groups is 2. The van der Waals surface area contributed by atoms with Crippen LogP contribution in [0, 0.1) is 5.41 Å². The molecule has 0 bridgehead atoms. The first-order chi connectivity index (χ1) is 36.5. The van der Waals surface area contributed by atoms with Crippen molar-refractivity contribution in [1.29, 1.82) is 5.41 Å². The number of rotatable bonds is 10. The van der Waals surface area contributed by atoms with Crippen molar-refractivity contribution in [2.75, 3.05) is 7.05 Å². The molecule has 3 aromatic heterocycles. The number of hydrogen-bond donors (Lipinski definition) is 1. The summed E-state index contributed by atoms with van der Waals surface area (Å²) in [6.45, 7) is 2.18. The maximum atomic E-state index is 10.2. The van der Waals surface area contributed by atoms with Crippen LogP contribution in [0.4, 0.5) is 0 Å². The molecule has 0 saturated heterocycles. The van der Waals surface area contributed by atoms with E-state index in [0.717, 1.165) is 76.6 Å². The Morgan fingerprint density at radius 3 is 1.46 bits per heavy atom. The molecule has 4 nitrogen and oxygen atoms in total. The van der Waals surface area contributed by atoms with Gasteiger partial charge in [-0.15, -0.1) is 22.7 Å². The summed E-state index contributed by atoms with van der Waals surface area (Å²) in [6, 6.07) is 87.4. The molecule has 0 aliphatic heterocycles. The third kappa shape index (κ3) is 7.56. The van der Waals surface area contributed by atoms with Gasteiger partial charge >= 0.3 is 0 Å². The zero-order valence-electron chi connectivity index (χ0n) is 41.0. The molecule has 6 heteroatoms. The van der Waals surface area contributed by atoms with Crippen molar-refractivity contribution in [3.63, 3.8) is 0 Å². The van der Waals surface area contributed by atoms with Crippen LogP contribution < -0.4 is 0 Å². The number of fused-ring (bicyclic) bond motifs is 9. The maximum absolute atomic E-state index is 10.2. The number of allylic oxidation sites excluding steroid dienone is 1. The van der Waals surface area contributed by atoms with Gasteiger partial charge in [0, 0.05) is 92.4 Å². The molecule has 1 unspecified atom stereocenters. The number of thiophene rings is 2. The minimum absolute atomic E-state index is 0.190. The van der Waals surface area contributed by atoms with Crippen LogP contribution in [0.5, 0.6) is 0 Å². The van der Waals surface area contributed by atoms with Crippen molar-refractivity contribution in [1.82, 2.24) is 9.47 Å². The van der Waals surface area contributed by atoms with Crippen molar-refractivity contribution in [2.24, 2.45) is 4.99 Å². The molecule has 0 fully saturated rings. The average molecular weight is 987 g/mol. The first-order valence-corrected chi connectivity index (χ1v) is 26.8. The van der Waals surface area contributed by atoms with Crippen molar-refractivity contribution in [3.8, 4) is 22.3 Å². The maximum Gasteiger partial charge on any atom is 0.154 e. The van der Waals surface area contributed by atoms with Gasteiger partial charge in [-0.25, -0.2) is 4.99 Å². The van der Waals surface area contributed by atoms with Crippen LogP contribution in [0.2, 0.25) is 0 Å². The van der Waals surface area contributed by atoms with E-state index in [0.29, 0.717) is 12.3 Å². The van der Waals surface area contributed by atoms with Crippen LogP contribution in [0.25, 0.3) is 90.0 Å². The molecule has 354 valence electrons. The highest BCUT2D eigenvalue weighted by Crippen LogP contribution is 2.50. The van der Waals surface area contributed by atoms with Gasteiger partial charge in [-0.2, -0.15) is 0 Å². The lowest BCUT2D eigenvalue weighted by molar-refractivity contribution is 0.196. The Kier molecular flexibility index (Phi) is 11.4. The number of nitrogens with zero attached hydrogens (tertiary/aromatic N) is 3. The smallest absolute Gasteiger partial charge is 0.154 e. The third-order valence-electron chi connectivity index (χ3n) is 14.8. The predicted octanol–water partition coefficient (Wildman–Crippen LogP) is 18.3. The molecule has 0 aliphatic rings. The molecule has 0 spiro atoms. The van der Waals surface area contributed by atoms with E-state index in [1.54, 1.807) is 22.7 Å². The van der Waals surface area contributed by atoms with E-state index in [2.05, 4.69) is 272 Å². The number of aromatic nitrogens is 1. The van der Waals surface area contributed by atoms with E-state index < -0.39 is 5.66 Å². The second-order valence-electron chi connectivity index (χ2n) is 19.0. The summed E-state index contributed by atoms with van der Waals surface area (Å²) < 4.78 is 7.43. The molecule has 0 amide bonds. The van der Waals surface area contributed by atoms with Gasteiger partial charge in [0.1, 0.15) is 11.5 Å². The van der Waals surface area contributed by atoms with Crippen LogP contribution >= 0.6 is 22.7 Å². The Bertz CT molecular complexity index is 4220. The first kappa shape index (κ1) is 45.2. The second kappa shape index (κ2) is 18.7. The molecular weight excluding hydrogens is 937 g/mol. The fraction of sp³-hybridized carbons (Fsp3) is 0.0588. The van der Waals surface area contributed by atoms with Crippen LogP contribution in [0.1, 0.15) is 29.2 Å². The van der Waals surface area contributed by atoms with Crippen LogP contribution in [0.15, 0.2) is 254 Å². The van der Waals surface area contributed by atoms with Gasteiger partial charge in [-0.05, 0) is 53.4 Å². The zero-order chi connectivity index (χ0) is 49.8. The van der Waals surface area contributed by atoms with Crippen molar-refractivity contribution < 1.29 is 0 Å². The summed E-state index contributed by atoms with van der Waals surface area (Å²) in [7, 11) is 2.22. The SMILES string of the molecule is C/C=C(/c1ccccc1)C(Cc1ccccc1)(N(C)C(=NC(=N)c1ccc2c(c1)sc1ccccc12)c1ccc2c(c1)sc1ccccc12)n1c2c(-c3ccccc3)cccc2c2cccc(-c3ccccc3)c21. The number of likely N-dealkylation sites (N-methyl/N-ethyl adjacent to an activating group) is 1. The number of hydrogen-bond acceptors (Lipinski definition) is 3. The summed E-state index contributed by atoms with van der Waals surface area (Å²) in [5, 5.41) is 17.4. The standard InChI is InChI=1S/C68H50N4S2/c1-3-59(48-28-14-7-15-29-48)68(44-45-22-8-4-9-23-45,72-64-51(46-24-10-5-11-25-46)32-20-34-57(64)58-35-21-33-52(65(58)72)47-26-12-6-13-27-47)71(2)67(50-39-41-56-54-31-17-19-37-61(54)74-63(56)43-50)70-66(69)49-38-40-55-53-30-16-18-36-60(53)73-62(55)42-49/h3-43,69H,44H2,1-2H3/b59-3-,69-66?,70-67?. The summed E-state index contributed by atoms with van der Waals surface area (Å²) in [4.78, 5) is 8.10. The van der Waals surface area contributed by atoms with Gasteiger partial charge in [0.25, 0.3) is 0 Å². The number of nitrogens with one attached hydrogen (secondary N) is 1. The van der Waals surface area contributed by atoms with E-state index in [-0.39, 0.29) is 5.84 Å². The summed E-state index contributed by atoms with van der Waals surface area (Å²) >= 11 is 3.56. The number of para-hydroxylation sites is 2. The highest BCUT2D eigenvalue weighted by molar-refractivity contribution is 7.26. The largest absolute Gasteiger partial charge is 0.332 e. The third-order valence-corrected chi connectivity index (χ3v) is 17.1. The molecular formula is C68H50N4S2. The fourth-order valence-electron chi connectivity index (χ4n) is 11.5. The molecule has 1 atom stereocenters. The monoisotopic (exact) mass is 986 g/mol. The number of benzene rings is 10. The van der Waals surface area contributed by atoms with Gasteiger partial charge in [-0.1, -0.05) is 224 Å². The second-order valence-corrected chi connectivity index (χ2v) is 21.1. The Hall–Kier alpha value is -8.68. The predicted molar refractivity (Wildman–Crippen MR) is 318 cm³/mol. The van der Waals surface area contributed by atoms with E-state index in [1.165, 1.54) is 35.6 Å². The summed E-state index contributed by atoms with van der Waals surface area (Å²) in [5.41, 5.74) is 10.7. The normalized spacial score (nSPS) is 13.1. The molecule has 0 radical (unpaired) electrons. The zero-order valence-corrected chi connectivity index (χ0v) is 42.7. The fourth-order valence-corrected chi connectivity index (χ4v) is 13.8. The van der Waals surface area contributed by atoms with E-state index in [9.17, 15) is 5.41 Å². The quantitative estimate of drug-likeness (QED) is 0.108. The minimum atomic E-state index is -1.07. The molecule has 74 heavy (non-hydrogen) atoms. The Morgan fingerprint density at radius 1 is 0.473 bits per heavy atom. The lowest BCUT2D eigenvalue weighted by atomic mass is 9.83. The molecule has 10 aromatic carbocycles. The average Bonchev–Trinajstić information content (AvgIpc) is 4.19. The van der Waals surface area contributed by atoms with Gasteiger partial charge in [0.2, 0.25) is 0 Å². The lowest BCUT2D eigenvalue weighted by Crippen LogP contribution is -2.54. The van der Waals surface area contributed by atoms with Crippen molar-refractivity contribution >= 4 is 102 Å². The Balaban J connectivity index is 1.18. The summed E-state index contributed by atoms with van der Waals surface area (Å²) in [6.07, 6.45) is 2.85. The molecule has 0 saturated carbocycles. The summed E-state index contributed by atoms with van der Waals surface area (Å²) in [5.74, 6) is 0.872. The highest BCUT2D eigenvalue weighted by atomic mass is 32.1. The van der Waals surface area contributed by atoms with Crippen LogP contribution in [0.3, 0.4) is 0 Å². The molecule has 13 rings (SSSR count).